The molecule has 9 nitrogen and oxygen atoms in total. The Hall–Kier alpha value is -2.94. The van der Waals surface area contributed by atoms with E-state index in [1.807, 2.05) is 30.3 Å². The van der Waals surface area contributed by atoms with Crippen LogP contribution in [0.2, 0.25) is 0 Å². The minimum absolute atomic E-state index is 0.118. The number of amides is 5. The third-order valence-corrected chi connectivity index (χ3v) is 4.31. The van der Waals surface area contributed by atoms with E-state index in [0.717, 1.165) is 10.5 Å². The summed E-state index contributed by atoms with van der Waals surface area (Å²) in [6.45, 7) is 1.65. The second-order valence-corrected chi connectivity index (χ2v) is 6.45. The summed E-state index contributed by atoms with van der Waals surface area (Å²) in [4.78, 5) is 48.6. The van der Waals surface area contributed by atoms with E-state index >= 15 is 0 Å². The minimum Gasteiger partial charge on any atom is -0.391 e. The highest BCUT2D eigenvalue weighted by Gasteiger charge is 2.45. The van der Waals surface area contributed by atoms with Crippen molar-refractivity contribution in [3.63, 3.8) is 0 Å². The smallest absolute Gasteiger partial charge is 0.325 e. The van der Waals surface area contributed by atoms with E-state index in [9.17, 15) is 24.3 Å². The van der Waals surface area contributed by atoms with Gasteiger partial charge in [0.2, 0.25) is 11.8 Å². The lowest BCUT2D eigenvalue weighted by molar-refractivity contribution is -0.136. The maximum atomic E-state index is 12.3. The summed E-state index contributed by atoms with van der Waals surface area (Å²) in [5.41, 5.74) is 6.23. The predicted octanol–water partition coefficient (Wildman–Crippen LogP) is -0.719. The number of hydrogen-bond donors (Lipinski definition) is 4. The third-order valence-electron chi connectivity index (χ3n) is 4.31. The summed E-state index contributed by atoms with van der Waals surface area (Å²) in [6.07, 6.45) is -0.377. The molecule has 146 valence electrons. The van der Waals surface area contributed by atoms with Crippen molar-refractivity contribution in [1.82, 2.24) is 15.5 Å². The summed E-state index contributed by atoms with van der Waals surface area (Å²) >= 11 is 0. The minimum atomic E-state index is -1.13. The van der Waals surface area contributed by atoms with E-state index in [1.54, 1.807) is 0 Å². The van der Waals surface area contributed by atoms with E-state index in [2.05, 4.69) is 10.6 Å². The predicted molar refractivity (Wildman–Crippen MR) is 96.2 cm³/mol. The molecule has 9 heteroatoms. The molecule has 0 aliphatic carbocycles. The van der Waals surface area contributed by atoms with Crippen molar-refractivity contribution >= 4 is 23.8 Å². The van der Waals surface area contributed by atoms with Gasteiger partial charge in [-0.2, -0.15) is 0 Å². The molecule has 1 aromatic rings. The first-order chi connectivity index (χ1) is 12.8. The van der Waals surface area contributed by atoms with Crippen molar-refractivity contribution in [1.29, 1.82) is 0 Å². The summed E-state index contributed by atoms with van der Waals surface area (Å²) in [5, 5.41) is 14.6. The van der Waals surface area contributed by atoms with Crippen LogP contribution in [-0.4, -0.2) is 58.5 Å². The number of aliphatic hydroxyl groups is 1. The second-order valence-electron chi connectivity index (χ2n) is 6.45. The van der Waals surface area contributed by atoms with E-state index in [-0.39, 0.29) is 25.3 Å². The largest absolute Gasteiger partial charge is 0.391 e. The molecule has 27 heavy (non-hydrogen) atoms. The van der Waals surface area contributed by atoms with Crippen LogP contribution in [0, 0.1) is 0 Å². The number of carbonyl (C=O) groups excluding carboxylic acids is 4. The Morgan fingerprint density at radius 1 is 1.30 bits per heavy atom. The highest BCUT2D eigenvalue weighted by molar-refractivity contribution is 6.07. The van der Waals surface area contributed by atoms with Gasteiger partial charge in [-0.15, -0.1) is 0 Å². The second kappa shape index (κ2) is 9.13. The van der Waals surface area contributed by atoms with Gasteiger partial charge in [0.15, 0.2) is 0 Å². The lowest BCUT2D eigenvalue weighted by atomic mass is 10.1. The summed E-state index contributed by atoms with van der Waals surface area (Å²) in [6, 6.07) is 6.26. The van der Waals surface area contributed by atoms with Crippen molar-refractivity contribution in [2.75, 3.05) is 6.54 Å². The Kier molecular flexibility index (Phi) is 6.89. The lowest BCUT2D eigenvalue weighted by Crippen LogP contribution is -2.49. The third kappa shape index (κ3) is 5.27. The summed E-state index contributed by atoms with van der Waals surface area (Å²) in [7, 11) is 0. The number of nitrogens with zero attached hydrogens (tertiary/aromatic N) is 1. The molecule has 0 spiro atoms. The highest BCUT2D eigenvalue weighted by Crippen LogP contribution is 2.16. The van der Waals surface area contributed by atoms with Crippen molar-refractivity contribution in [2.45, 2.75) is 44.4 Å². The van der Waals surface area contributed by atoms with Gasteiger partial charge in [0, 0.05) is 6.54 Å². The van der Waals surface area contributed by atoms with Gasteiger partial charge in [0.05, 0.1) is 12.5 Å². The first-order valence-corrected chi connectivity index (χ1v) is 8.73. The van der Waals surface area contributed by atoms with Crippen LogP contribution >= 0.6 is 0 Å². The number of rotatable bonds is 9. The Morgan fingerprint density at radius 3 is 2.52 bits per heavy atom. The number of imide groups is 1. The van der Waals surface area contributed by atoms with Gasteiger partial charge in [-0.1, -0.05) is 30.3 Å². The van der Waals surface area contributed by atoms with Crippen LogP contribution in [0.1, 0.15) is 25.3 Å². The molecule has 1 aliphatic rings. The number of aliphatic hydroxyl groups excluding tert-OH is 1. The highest BCUT2D eigenvalue weighted by atomic mass is 16.3. The van der Waals surface area contributed by atoms with Crippen molar-refractivity contribution in [3.05, 3.63) is 35.9 Å². The topological polar surface area (TPSA) is 142 Å². The molecule has 5 amide bonds. The molecule has 2 rings (SSSR count). The molecule has 1 aromatic carbocycles. The number of nitrogens with two attached hydrogens (primary N) is 1. The summed E-state index contributed by atoms with van der Waals surface area (Å²) in [5.74, 6) is -1.67. The van der Waals surface area contributed by atoms with Crippen LogP contribution in [0.5, 0.6) is 0 Å². The molecule has 0 bridgehead atoms. The maximum Gasteiger partial charge on any atom is 0.325 e. The van der Waals surface area contributed by atoms with Crippen LogP contribution in [0.4, 0.5) is 4.79 Å². The molecule has 3 unspecified atom stereocenters. The molecule has 5 N–H and O–H groups in total. The molecule has 1 aliphatic heterocycles. The lowest BCUT2D eigenvalue weighted by Gasteiger charge is -2.22. The quantitative estimate of drug-likeness (QED) is 0.332. The molecular weight excluding hydrogens is 352 g/mol. The fourth-order valence-electron chi connectivity index (χ4n) is 2.90. The van der Waals surface area contributed by atoms with Crippen LogP contribution in [0.15, 0.2) is 30.3 Å². The number of hydrogen-bond acceptors (Lipinski definition) is 5. The molecule has 0 radical (unpaired) electrons. The zero-order valence-corrected chi connectivity index (χ0v) is 15.1. The van der Waals surface area contributed by atoms with E-state index in [1.165, 1.54) is 6.92 Å². The average molecular weight is 376 g/mol. The zero-order valence-electron chi connectivity index (χ0n) is 15.1. The Morgan fingerprint density at radius 2 is 1.96 bits per heavy atom. The maximum absolute atomic E-state index is 12.3. The Balaban J connectivity index is 1.85. The SMILES string of the molecule is CC(O)C1NC(=O)N(C(CCCNC(=O)Cc2ccccc2)C(N)=O)C1=O. The van der Waals surface area contributed by atoms with E-state index in [0.29, 0.717) is 6.42 Å². The molecule has 1 saturated heterocycles. The van der Waals surface area contributed by atoms with Gasteiger partial charge in [0.25, 0.3) is 5.91 Å². The molecule has 3 atom stereocenters. The van der Waals surface area contributed by atoms with Gasteiger partial charge in [0.1, 0.15) is 12.1 Å². The average Bonchev–Trinajstić information content (AvgIpc) is 2.90. The van der Waals surface area contributed by atoms with Crippen LogP contribution in [-0.2, 0) is 20.8 Å². The van der Waals surface area contributed by atoms with Crippen LogP contribution in [0.3, 0.4) is 0 Å². The van der Waals surface area contributed by atoms with Gasteiger partial charge in [-0.3, -0.25) is 14.4 Å². The molecule has 1 heterocycles. The molecule has 1 fully saturated rings. The van der Waals surface area contributed by atoms with Crippen molar-refractivity contribution in [2.24, 2.45) is 5.73 Å². The molecule has 0 saturated carbocycles. The fraction of sp³-hybridized carbons (Fsp3) is 0.444. The van der Waals surface area contributed by atoms with Gasteiger partial charge in [-0.25, -0.2) is 9.69 Å². The molecular formula is C18H24N4O5. The number of nitrogens with one attached hydrogen (secondary N) is 2. The monoisotopic (exact) mass is 376 g/mol. The first-order valence-electron chi connectivity index (χ1n) is 8.73. The Labute approximate surface area is 156 Å². The van der Waals surface area contributed by atoms with Crippen LogP contribution in [0.25, 0.3) is 0 Å². The zero-order chi connectivity index (χ0) is 20.0. The number of primary amides is 1. The number of carbonyl (C=O) groups is 4. The normalized spacial score (nSPS) is 18.7. The fourth-order valence-corrected chi connectivity index (χ4v) is 2.90. The molecule has 0 aromatic heterocycles. The van der Waals surface area contributed by atoms with E-state index < -0.39 is 36.0 Å². The van der Waals surface area contributed by atoms with Crippen molar-refractivity contribution < 1.29 is 24.3 Å². The first kappa shape index (κ1) is 20.4. The van der Waals surface area contributed by atoms with E-state index in [4.69, 9.17) is 5.73 Å². The van der Waals surface area contributed by atoms with Gasteiger partial charge >= 0.3 is 6.03 Å². The number of benzene rings is 1. The van der Waals surface area contributed by atoms with Crippen LogP contribution < -0.4 is 16.4 Å². The van der Waals surface area contributed by atoms with Crippen molar-refractivity contribution in [3.8, 4) is 0 Å². The standard InChI is InChI=1S/C18H24N4O5/c1-11(23)15-17(26)22(18(27)21-15)13(16(19)25)8-5-9-20-14(24)10-12-6-3-2-4-7-12/h2-4,6-7,11,13,15,23H,5,8-10H2,1H3,(H2,19,25)(H,20,24)(H,21,27). The van der Waals surface area contributed by atoms with Gasteiger partial charge < -0.3 is 21.5 Å². The van der Waals surface area contributed by atoms with Gasteiger partial charge in [-0.05, 0) is 25.3 Å². The number of urea groups is 1. The summed E-state index contributed by atoms with van der Waals surface area (Å²) < 4.78 is 0. The Bertz CT molecular complexity index is 707.